The van der Waals surface area contributed by atoms with Crippen molar-refractivity contribution in [2.75, 3.05) is 0 Å². The molecule has 2 aromatic rings. The van der Waals surface area contributed by atoms with Crippen LogP contribution in [0.2, 0.25) is 5.02 Å². The SMILES string of the molecule is NC(=[C-]c1ccc(Cl)c(F)c1)n1ccc(C2CC2)nc1=O.[U]. The first-order chi connectivity index (χ1) is 10.0. The van der Waals surface area contributed by atoms with E-state index in [0.717, 1.165) is 18.5 Å². The van der Waals surface area contributed by atoms with E-state index in [1.165, 1.54) is 16.7 Å². The van der Waals surface area contributed by atoms with Crippen molar-refractivity contribution in [3.8, 4) is 0 Å². The van der Waals surface area contributed by atoms with Gasteiger partial charge in [0.25, 0.3) is 0 Å². The van der Waals surface area contributed by atoms with E-state index in [1.54, 1.807) is 18.3 Å². The van der Waals surface area contributed by atoms with Crippen LogP contribution in [0.5, 0.6) is 0 Å². The standard InChI is InChI=1S/C15H12ClFN3O.U/c16-11-4-1-9(7-12(11)17)8-14(18)20-6-5-13(10-2-3-10)19-15(20)21;/h1,4-7,10H,2-3,18H2;/q-1;. The fourth-order valence-electron chi connectivity index (χ4n) is 1.99. The molecule has 1 aromatic heterocycles. The van der Waals surface area contributed by atoms with Crippen molar-refractivity contribution in [3.63, 3.8) is 0 Å². The number of halogens is 2. The van der Waals surface area contributed by atoms with Crippen molar-refractivity contribution in [1.82, 2.24) is 9.55 Å². The molecule has 0 unspecified atom stereocenters. The predicted molar refractivity (Wildman–Crippen MR) is 78.1 cm³/mol. The average Bonchev–Trinajstić information content (AvgIpc) is 3.27. The molecule has 1 fully saturated rings. The second kappa shape index (κ2) is 6.99. The molecule has 22 heavy (non-hydrogen) atoms. The Labute approximate surface area is 155 Å². The minimum atomic E-state index is -0.566. The van der Waals surface area contributed by atoms with Crippen LogP contribution in [0.3, 0.4) is 0 Å². The Morgan fingerprint density at radius 2 is 2.14 bits per heavy atom. The van der Waals surface area contributed by atoms with Crippen LogP contribution in [-0.4, -0.2) is 9.55 Å². The van der Waals surface area contributed by atoms with Crippen LogP contribution in [0, 0.1) is 43.0 Å². The summed E-state index contributed by atoms with van der Waals surface area (Å²) in [7, 11) is 0. The van der Waals surface area contributed by atoms with E-state index in [9.17, 15) is 9.18 Å². The first-order valence-electron chi connectivity index (χ1n) is 6.49. The van der Waals surface area contributed by atoms with Gasteiger partial charge in [0.2, 0.25) is 0 Å². The third-order valence-corrected chi connectivity index (χ3v) is 3.58. The molecule has 0 spiro atoms. The molecule has 2 N–H and O–H groups in total. The van der Waals surface area contributed by atoms with Gasteiger partial charge in [-0.1, -0.05) is 17.7 Å². The van der Waals surface area contributed by atoms with Crippen molar-refractivity contribution in [3.05, 3.63) is 69.1 Å². The Balaban J connectivity index is 0.00000176. The van der Waals surface area contributed by atoms with Gasteiger partial charge in [0, 0.05) is 49.0 Å². The zero-order chi connectivity index (χ0) is 15.0. The maximum atomic E-state index is 13.4. The quantitative estimate of drug-likeness (QED) is 0.607. The van der Waals surface area contributed by atoms with Crippen molar-refractivity contribution in [2.24, 2.45) is 5.73 Å². The summed E-state index contributed by atoms with van der Waals surface area (Å²) in [5.74, 6) is -0.118. The van der Waals surface area contributed by atoms with Gasteiger partial charge in [0.1, 0.15) is 0 Å². The number of hydrogen-bond donors (Lipinski definition) is 1. The second-order valence-corrected chi connectivity index (χ2v) is 5.33. The van der Waals surface area contributed by atoms with Gasteiger partial charge >= 0.3 is 5.69 Å². The zero-order valence-corrected chi connectivity index (χ0v) is 16.4. The minimum absolute atomic E-state index is 0. The van der Waals surface area contributed by atoms with E-state index in [1.807, 2.05) is 0 Å². The number of rotatable bonds is 3. The summed E-state index contributed by atoms with van der Waals surface area (Å²) in [5.41, 5.74) is 6.56. The summed E-state index contributed by atoms with van der Waals surface area (Å²) in [6.45, 7) is 0. The molecule has 1 heterocycles. The van der Waals surface area contributed by atoms with Gasteiger partial charge in [0.05, 0.1) is 16.5 Å². The van der Waals surface area contributed by atoms with Gasteiger partial charge < -0.3 is 5.73 Å². The molecule has 0 radical (unpaired) electrons. The molecule has 1 saturated carbocycles. The molecule has 0 aliphatic heterocycles. The monoisotopic (exact) mass is 542 g/mol. The van der Waals surface area contributed by atoms with E-state index >= 15 is 0 Å². The van der Waals surface area contributed by atoms with Crippen LogP contribution in [0.25, 0.3) is 5.82 Å². The average molecular weight is 543 g/mol. The number of nitrogens with zero attached hydrogens (tertiary/aromatic N) is 2. The summed E-state index contributed by atoms with van der Waals surface area (Å²) in [4.78, 5) is 15.9. The van der Waals surface area contributed by atoms with Crippen molar-refractivity contribution in [1.29, 1.82) is 0 Å². The summed E-state index contributed by atoms with van der Waals surface area (Å²) in [6, 6.07) is 5.95. The van der Waals surface area contributed by atoms with Gasteiger partial charge in [-0.25, -0.2) is 9.18 Å². The van der Waals surface area contributed by atoms with Gasteiger partial charge in [-0.2, -0.15) is 16.6 Å². The normalized spacial score (nSPS) is 14.5. The van der Waals surface area contributed by atoms with Gasteiger partial charge in [0.15, 0.2) is 0 Å². The molecular formula is C15H12ClFN3OU-. The summed E-state index contributed by atoms with van der Waals surface area (Å²) < 4.78 is 14.5. The smallest absolute Gasteiger partial charge is 0.352 e. The van der Waals surface area contributed by atoms with E-state index < -0.39 is 11.5 Å². The van der Waals surface area contributed by atoms with Crippen LogP contribution in [0.1, 0.15) is 30.0 Å². The van der Waals surface area contributed by atoms with E-state index in [0.29, 0.717) is 11.5 Å². The van der Waals surface area contributed by atoms with Crippen LogP contribution in [0.4, 0.5) is 4.39 Å². The molecule has 0 bridgehead atoms. The predicted octanol–water partition coefficient (Wildman–Crippen LogP) is 2.52. The van der Waals surface area contributed by atoms with E-state index in [-0.39, 0.29) is 42.0 Å². The van der Waals surface area contributed by atoms with Gasteiger partial charge in [-0.05, 0) is 18.9 Å². The number of hydrogen-bond acceptors (Lipinski definition) is 3. The molecule has 1 aliphatic rings. The van der Waals surface area contributed by atoms with Crippen LogP contribution in [0.15, 0.2) is 35.3 Å². The molecule has 1 aliphatic carbocycles. The van der Waals surface area contributed by atoms with E-state index in [2.05, 4.69) is 11.1 Å². The van der Waals surface area contributed by atoms with Crippen molar-refractivity contribution >= 4 is 17.4 Å². The first kappa shape index (κ1) is 17.3. The van der Waals surface area contributed by atoms with Crippen LogP contribution >= 0.6 is 11.6 Å². The van der Waals surface area contributed by atoms with E-state index in [4.69, 9.17) is 17.3 Å². The summed E-state index contributed by atoms with van der Waals surface area (Å²) in [6.07, 6.45) is 6.45. The molecule has 7 heteroatoms. The summed E-state index contributed by atoms with van der Waals surface area (Å²) >= 11 is 5.61. The topological polar surface area (TPSA) is 60.9 Å². The molecule has 112 valence electrons. The zero-order valence-electron chi connectivity index (χ0n) is 11.5. The number of benzene rings is 1. The number of nitrogens with two attached hydrogens (primary N) is 1. The first-order valence-corrected chi connectivity index (χ1v) is 6.87. The van der Waals surface area contributed by atoms with Gasteiger partial charge in [-0.15, -0.1) is 12.1 Å². The third kappa shape index (κ3) is 3.81. The molecular weight excluding hydrogens is 531 g/mol. The van der Waals surface area contributed by atoms with Crippen LogP contribution < -0.4 is 11.4 Å². The molecule has 1 aromatic carbocycles. The number of aromatic nitrogens is 2. The Bertz CT molecular complexity index is 787. The summed E-state index contributed by atoms with van der Waals surface area (Å²) in [5, 5.41) is 0.0201. The second-order valence-electron chi connectivity index (χ2n) is 4.92. The molecule has 4 nitrogen and oxygen atoms in total. The van der Waals surface area contributed by atoms with Crippen LogP contribution in [-0.2, 0) is 0 Å². The molecule has 3 rings (SSSR count). The van der Waals surface area contributed by atoms with Crippen molar-refractivity contribution in [2.45, 2.75) is 18.8 Å². The maximum absolute atomic E-state index is 13.4. The van der Waals surface area contributed by atoms with Gasteiger partial charge in [-0.3, -0.25) is 4.57 Å². The molecule has 0 atom stereocenters. The maximum Gasteiger partial charge on any atom is 0.352 e. The molecule has 0 saturated heterocycles. The Hall–Kier alpha value is -1.09. The Morgan fingerprint density at radius 3 is 2.73 bits per heavy atom. The molecule has 0 amide bonds. The fraction of sp³-hybridized carbons (Fsp3) is 0.200. The Kier molecular flexibility index (Phi) is 5.49. The Morgan fingerprint density at radius 1 is 1.41 bits per heavy atom. The minimum Gasteiger partial charge on any atom is -0.395 e. The largest absolute Gasteiger partial charge is 0.395 e. The van der Waals surface area contributed by atoms with Crippen molar-refractivity contribution < 1.29 is 35.5 Å². The third-order valence-electron chi connectivity index (χ3n) is 3.27. The fourth-order valence-corrected chi connectivity index (χ4v) is 2.11.